The van der Waals surface area contributed by atoms with Gasteiger partial charge < -0.3 is 9.47 Å². The van der Waals surface area contributed by atoms with E-state index in [1.165, 1.54) is 19.3 Å². The summed E-state index contributed by atoms with van der Waals surface area (Å²) in [6.07, 6.45) is 4.66. The van der Waals surface area contributed by atoms with E-state index in [4.69, 9.17) is 12.2 Å². The molecule has 118 valence electrons. The summed E-state index contributed by atoms with van der Waals surface area (Å²) in [5.41, 5.74) is 1.61. The van der Waals surface area contributed by atoms with Crippen molar-refractivity contribution in [3.05, 3.63) is 29.3 Å². The van der Waals surface area contributed by atoms with Crippen molar-refractivity contribution >= 4 is 6.05 Å². The molecule has 0 aliphatic carbocycles. The van der Waals surface area contributed by atoms with E-state index < -0.39 is 0 Å². The average Bonchev–Trinajstić information content (AvgIpc) is 2.54. The van der Waals surface area contributed by atoms with Crippen molar-refractivity contribution in [1.82, 2.24) is 0 Å². The van der Waals surface area contributed by atoms with Gasteiger partial charge in [0.15, 0.2) is 0 Å². The molecule has 21 heavy (non-hydrogen) atoms. The third-order valence-corrected chi connectivity index (χ3v) is 3.77. The summed E-state index contributed by atoms with van der Waals surface area (Å²) in [6.45, 7) is 8.62. The Bertz CT molecular complexity index is 534. The number of hydrogen-bond acceptors (Lipinski definition) is 2. The Balaban J connectivity index is 3.04. The Hall–Kier alpha value is -1.44. The van der Waals surface area contributed by atoms with Crippen LogP contribution in [-0.4, -0.2) is 13.7 Å². The topological polar surface area (TPSA) is 18.5 Å². The van der Waals surface area contributed by atoms with Crippen LogP contribution in [0, 0.1) is 12.8 Å². The average molecular weight is 292 g/mol. The van der Waals surface area contributed by atoms with Gasteiger partial charge in [-0.15, -0.1) is 0 Å². The summed E-state index contributed by atoms with van der Waals surface area (Å²) < 4.78 is 27.3. The quantitative estimate of drug-likeness (QED) is 0.587. The summed E-state index contributed by atoms with van der Waals surface area (Å²) >= 11 is 0. The fourth-order valence-electron chi connectivity index (χ4n) is 2.34. The van der Waals surface area contributed by atoms with Crippen LogP contribution in [0.1, 0.15) is 60.3 Å². The second-order valence-corrected chi connectivity index (χ2v) is 5.42. The summed E-state index contributed by atoms with van der Waals surface area (Å²) in [4.78, 5) is 0. The van der Waals surface area contributed by atoms with Crippen LogP contribution in [0.3, 0.4) is 0 Å². The van der Waals surface area contributed by atoms with E-state index >= 15 is 0 Å². The van der Waals surface area contributed by atoms with E-state index in [0.29, 0.717) is 23.8 Å². The molecule has 1 aromatic rings. The molecule has 0 radical (unpaired) electrons. The number of aryl methyl sites for hydroxylation is 1. The lowest BCUT2D eigenvalue weighted by atomic mass is 10.0. The normalized spacial score (nSPS) is 14.9. The first-order valence-electron chi connectivity index (χ1n) is 8.90. The maximum atomic E-state index is 8.15. The summed E-state index contributed by atoms with van der Waals surface area (Å²) in [5, 5.41) is 0. The van der Waals surface area contributed by atoms with Crippen molar-refractivity contribution in [2.24, 2.45) is 5.92 Å². The zero-order chi connectivity index (χ0) is 17.4. The zero-order valence-electron chi connectivity index (χ0n) is 16.1. The van der Waals surface area contributed by atoms with Gasteiger partial charge in [0.25, 0.3) is 0 Å². The molecule has 0 amide bonds. The third kappa shape index (κ3) is 5.45. The van der Waals surface area contributed by atoms with Gasteiger partial charge in [0.05, 0.1) is 16.5 Å². The molecule has 1 aromatic carbocycles. The molecule has 1 unspecified atom stereocenters. The molecule has 0 heterocycles. The van der Waals surface area contributed by atoms with Crippen molar-refractivity contribution in [3.8, 4) is 11.5 Å². The van der Waals surface area contributed by atoms with E-state index in [2.05, 4.69) is 13.8 Å². The van der Waals surface area contributed by atoms with E-state index in [-0.39, 0.29) is 12.1 Å². The monoisotopic (exact) mass is 292 g/mol. The minimum absolute atomic E-state index is 0.180. The smallest absolute Gasteiger partial charge is 0.127 e. The van der Waals surface area contributed by atoms with Gasteiger partial charge in [-0.2, -0.15) is 0 Å². The molecule has 2 nitrogen and oxygen atoms in total. The summed E-state index contributed by atoms with van der Waals surface area (Å²) in [6, 6.07) is 4.12. The van der Waals surface area contributed by atoms with Crippen LogP contribution in [0.15, 0.2) is 18.2 Å². The molecule has 2 heteroatoms. The van der Waals surface area contributed by atoms with Crippen molar-refractivity contribution in [2.75, 3.05) is 13.7 Å². The fourth-order valence-corrected chi connectivity index (χ4v) is 2.34. The lowest BCUT2D eigenvalue weighted by Gasteiger charge is -2.18. The Kier molecular flexibility index (Phi) is 6.55. The van der Waals surface area contributed by atoms with Gasteiger partial charge in [0.2, 0.25) is 0 Å². The van der Waals surface area contributed by atoms with E-state index in [9.17, 15) is 0 Å². The highest BCUT2D eigenvalue weighted by Gasteiger charge is 2.11. The molecular formula is C19H30O2. The molecular weight excluding hydrogens is 260 g/mol. The first-order chi connectivity index (χ1) is 10.9. The minimum atomic E-state index is 0.180. The van der Waals surface area contributed by atoms with Crippen molar-refractivity contribution in [2.45, 2.75) is 53.4 Å². The highest BCUT2D eigenvalue weighted by molar-refractivity contribution is 5.61. The fraction of sp³-hybridized carbons (Fsp3) is 0.579. The molecule has 0 bridgehead atoms. The molecule has 0 spiro atoms. The van der Waals surface area contributed by atoms with Crippen LogP contribution >= 0.6 is 0 Å². The molecule has 0 saturated heterocycles. The zero-order valence-corrected chi connectivity index (χ0v) is 14.1. The second kappa shape index (κ2) is 9.49. The van der Waals surface area contributed by atoms with Gasteiger partial charge in [0.1, 0.15) is 11.5 Å². The standard InChI is InChI=1S/C19H30O2/c1-6-9-11-16(8-3)14-21-19-12-15(4)18(20-5)13-17(19)10-7-2/h7,10,12-13,16H,6,8-9,11,14H2,1-5H3/b10-7+/i7D,10D. The second-order valence-electron chi connectivity index (χ2n) is 5.42. The van der Waals surface area contributed by atoms with Crippen LogP contribution in [0.4, 0.5) is 0 Å². The van der Waals surface area contributed by atoms with Crippen molar-refractivity contribution in [1.29, 1.82) is 0 Å². The molecule has 0 N–H and O–H groups in total. The maximum absolute atomic E-state index is 8.15. The molecule has 1 rings (SSSR count). The lowest BCUT2D eigenvalue weighted by molar-refractivity contribution is 0.232. The SMILES string of the molecule is [2H]/C(C)=C(/[2H])c1cc(OC)c(C)cc1OCC(CC)CCCC. The Labute approximate surface area is 133 Å². The largest absolute Gasteiger partial charge is 0.496 e. The predicted octanol–water partition coefficient (Wildman–Crippen LogP) is 5.63. The summed E-state index contributed by atoms with van der Waals surface area (Å²) in [5.74, 6) is 1.92. The van der Waals surface area contributed by atoms with Crippen molar-refractivity contribution in [3.63, 3.8) is 0 Å². The van der Waals surface area contributed by atoms with Crippen LogP contribution < -0.4 is 9.47 Å². The molecule has 0 aromatic heterocycles. The van der Waals surface area contributed by atoms with E-state index in [0.717, 1.165) is 17.7 Å². The van der Waals surface area contributed by atoms with Crippen LogP contribution in [0.2, 0.25) is 0 Å². The minimum Gasteiger partial charge on any atom is -0.496 e. The molecule has 0 saturated carbocycles. The third-order valence-electron chi connectivity index (χ3n) is 3.77. The van der Waals surface area contributed by atoms with Crippen LogP contribution in [0.5, 0.6) is 11.5 Å². The van der Waals surface area contributed by atoms with Gasteiger partial charge in [-0.3, -0.25) is 0 Å². The Morgan fingerprint density at radius 1 is 1.29 bits per heavy atom. The number of unbranched alkanes of at least 4 members (excludes halogenated alkanes) is 1. The first-order valence-corrected chi connectivity index (χ1v) is 7.90. The Morgan fingerprint density at radius 2 is 2.05 bits per heavy atom. The van der Waals surface area contributed by atoms with Crippen molar-refractivity contribution < 1.29 is 12.2 Å². The van der Waals surface area contributed by atoms with Gasteiger partial charge in [-0.1, -0.05) is 45.2 Å². The molecule has 1 atom stereocenters. The highest BCUT2D eigenvalue weighted by Crippen LogP contribution is 2.30. The number of methoxy groups -OCH3 is 1. The number of allylic oxidation sites excluding steroid dienone is 1. The molecule has 0 aliphatic heterocycles. The number of benzene rings is 1. The van der Waals surface area contributed by atoms with Crippen LogP contribution in [0.25, 0.3) is 6.05 Å². The number of hydrogen-bond donors (Lipinski definition) is 0. The summed E-state index contributed by atoms with van der Waals surface area (Å²) in [7, 11) is 1.62. The Morgan fingerprint density at radius 3 is 2.62 bits per heavy atom. The van der Waals surface area contributed by atoms with Gasteiger partial charge in [-0.05, 0) is 43.9 Å². The van der Waals surface area contributed by atoms with Gasteiger partial charge in [0, 0.05) is 5.56 Å². The van der Waals surface area contributed by atoms with E-state index in [1.807, 2.05) is 13.0 Å². The van der Waals surface area contributed by atoms with Gasteiger partial charge >= 0.3 is 0 Å². The highest BCUT2D eigenvalue weighted by atomic mass is 16.5. The lowest BCUT2D eigenvalue weighted by Crippen LogP contribution is -2.12. The predicted molar refractivity (Wildman–Crippen MR) is 91.2 cm³/mol. The van der Waals surface area contributed by atoms with Crippen LogP contribution in [-0.2, 0) is 0 Å². The molecule has 0 fully saturated rings. The maximum Gasteiger partial charge on any atom is 0.127 e. The number of rotatable bonds is 9. The van der Waals surface area contributed by atoms with Gasteiger partial charge in [-0.25, -0.2) is 0 Å². The molecule has 0 aliphatic rings. The first kappa shape index (κ1) is 14.5. The number of ether oxygens (including phenoxy) is 2. The van der Waals surface area contributed by atoms with E-state index in [1.54, 1.807) is 20.1 Å².